The van der Waals surface area contributed by atoms with Gasteiger partial charge in [-0.3, -0.25) is 14.4 Å². The number of carboxylic acid groups (broad SMARTS) is 2. The van der Waals surface area contributed by atoms with Gasteiger partial charge in [-0.1, -0.05) is 31.5 Å². The molecule has 1 amide bonds. The van der Waals surface area contributed by atoms with Gasteiger partial charge in [-0.05, 0) is 43.2 Å². The Balaban J connectivity index is 0.000000745. The monoisotopic (exact) mass is 602 g/mol. The molecule has 1 heterocycles. The minimum atomic E-state index is -5.08. The second-order valence-electron chi connectivity index (χ2n) is 9.18. The number of rotatable bonds is 10. The number of sulfonamides is 1. The lowest BCUT2D eigenvalue weighted by Gasteiger charge is -2.36. The molecular weight excluding hydrogens is 569 g/mol. The summed E-state index contributed by atoms with van der Waals surface area (Å²) in [5.74, 6) is -3.89. The summed E-state index contributed by atoms with van der Waals surface area (Å²) in [4.78, 5) is 36.7. The molecule has 0 aliphatic carbocycles. The molecule has 41 heavy (non-hydrogen) atoms. The predicted molar refractivity (Wildman–Crippen MR) is 146 cm³/mol. The molecule has 0 spiro atoms. The van der Waals surface area contributed by atoms with Crippen molar-refractivity contribution in [3.05, 3.63) is 53.6 Å². The molecule has 0 unspecified atom stereocenters. The topological polar surface area (TPSA) is 156 Å². The summed E-state index contributed by atoms with van der Waals surface area (Å²) in [5.41, 5.74) is 1.41. The van der Waals surface area contributed by atoms with Crippen molar-refractivity contribution in [3.8, 4) is 0 Å². The molecular formula is C26H33F3N4O7S. The van der Waals surface area contributed by atoms with Gasteiger partial charge in [0.2, 0.25) is 5.91 Å². The number of aliphatic carboxylic acids is 1. The van der Waals surface area contributed by atoms with Crippen molar-refractivity contribution < 1.29 is 46.2 Å². The molecule has 0 bridgehead atoms. The molecule has 0 atom stereocenters. The quantitative estimate of drug-likeness (QED) is 0.300. The van der Waals surface area contributed by atoms with E-state index in [1.807, 2.05) is 4.90 Å². The molecule has 226 valence electrons. The number of unbranched alkanes of at least 4 members (excludes halogenated alkanes) is 1. The van der Waals surface area contributed by atoms with Gasteiger partial charge < -0.3 is 20.4 Å². The molecule has 0 saturated carbocycles. The number of amides is 1. The van der Waals surface area contributed by atoms with Crippen molar-refractivity contribution in [2.75, 3.05) is 48.9 Å². The third kappa shape index (κ3) is 10.2. The van der Waals surface area contributed by atoms with Crippen molar-refractivity contribution in [1.29, 1.82) is 0 Å². The fourth-order valence-electron chi connectivity index (χ4n) is 3.89. The summed E-state index contributed by atoms with van der Waals surface area (Å²) < 4.78 is 60.5. The highest BCUT2D eigenvalue weighted by Gasteiger charge is 2.38. The van der Waals surface area contributed by atoms with Gasteiger partial charge >= 0.3 is 18.1 Å². The van der Waals surface area contributed by atoms with E-state index < -0.39 is 28.1 Å². The van der Waals surface area contributed by atoms with Gasteiger partial charge in [-0.2, -0.15) is 13.2 Å². The molecule has 11 nitrogen and oxygen atoms in total. The first-order valence-electron chi connectivity index (χ1n) is 12.7. The molecule has 1 fully saturated rings. The number of anilines is 2. The standard InChI is InChI=1S/C24H32N4O5S.C2HF3O2/c1-3-4-11-25-23(29)17-27-12-14-28(15-13-27)21-10-9-19(24(30)31)16-20(21)26-34(32,33)22-8-6-5-7-18(22)2;3-2(4,5)1(6)7/h5-10,16,26H,3-4,11-15,17H2,1-2H3,(H,25,29)(H,30,31);(H,6,7). The Kier molecular flexibility index (Phi) is 11.9. The summed E-state index contributed by atoms with van der Waals surface area (Å²) in [6.45, 7) is 7.20. The van der Waals surface area contributed by atoms with Crippen LogP contribution < -0.4 is 14.9 Å². The number of carboxylic acids is 2. The van der Waals surface area contributed by atoms with Gasteiger partial charge in [0.05, 0.1) is 28.4 Å². The number of piperazine rings is 1. The zero-order chi connectivity index (χ0) is 30.8. The fourth-order valence-corrected chi connectivity index (χ4v) is 5.21. The van der Waals surface area contributed by atoms with Crippen molar-refractivity contribution in [2.45, 2.75) is 37.8 Å². The van der Waals surface area contributed by atoms with Crippen molar-refractivity contribution in [1.82, 2.24) is 10.2 Å². The van der Waals surface area contributed by atoms with Crippen LogP contribution in [0.5, 0.6) is 0 Å². The average Bonchev–Trinajstić information content (AvgIpc) is 2.89. The van der Waals surface area contributed by atoms with E-state index in [0.717, 1.165) is 12.8 Å². The summed E-state index contributed by atoms with van der Waals surface area (Å²) in [5, 5.41) is 19.5. The maximum absolute atomic E-state index is 13.1. The van der Waals surface area contributed by atoms with Crippen LogP contribution in [-0.2, 0) is 19.6 Å². The second kappa shape index (κ2) is 14.7. The van der Waals surface area contributed by atoms with Gasteiger partial charge in [0.25, 0.3) is 10.0 Å². The highest BCUT2D eigenvalue weighted by atomic mass is 32.2. The lowest BCUT2D eigenvalue weighted by atomic mass is 10.1. The van der Waals surface area contributed by atoms with Gasteiger partial charge in [0.15, 0.2) is 0 Å². The zero-order valence-corrected chi connectivity index (χ0v) is 23.4. The number of aryl methyl sites for hydroxylation is 1. The van der Waals surface area contributed by atoms with Crippen LogP contribution in [0.1, 0.15) is 35.7 Å². The highest BCUT2D eigenvalue weighted by Crippen LogP contribution is 2.31. The number of alkyl halides is 3. The number of carbonyl (C=O) groups excluding carboxylic acids is 1. The van der Waals surface area contributed by atoms with E-state index >= 15 is 0 Å². The summed E-state index contributed by atoms with van der Waals surface area (Å²) in [6.07, 6.45) is -3.11. The van der Waals surface area contributed by atoms with E-state index in [0.29, 0.717) is 50.5 Å². The van der Waals surface area contributed by atoms with Crippen LogP contribution in [0.4, 0.5) is 24.5 Å². The first kappa shape index (κ1) is 33.4. The average molecular weight is 603 g/mol. The van der Waals surface area contributed by atoms with Gasteiger partial charge in [0.1, 0.15) is 0 Å². The van der Waals surface area contributed by atoms with E-state index in [4.69, 9.17) is 9.90 Å². The molecule has 1 saturated heterocycles. The number of carbonyl (C=O) groups is 3. The smallest absolute Gasteiger partial charge is 0.478 e. The van der Waals surface area contributed by atoms with Crippen LogP contribution in [0.3, 0.4) is 0 Å². The second-order valence-corrected chi connectivity index (χ2v) is 10.8. The van der Waals surface area contributed by atoms with Crippen LogP contribution in [0.25, 0.3) is 0 Å². The minimum absolute atomic E-state index is 0.000564. The predicted octanol–water partition coefficient (Wildman–Crippen LogP) is 3.17. The maximum Gasteiger partial charge on any atom is 0.490 e. The maximum atomic E-state index is 13.1. The van der Waals surface area contributed by atoms with E-state index in [1.54, 1.807) is 31.2 Å². The van der Waals surface area contributed by atoms with E-state index in [-0.39, 0.29) is 22.1 Å². The number of aromatic carboxylic acids is 1. The summed E-state index contributed by atoms with van der Waals surface area (Å²) >= 11 is 0. The number of hydrogen-bond acceptors (Lipinski definition) is 7. The molecule has 0 aromatic heterocycles. The number of hydrogen-bond donors (Lipinski definition) is 4. The van der Waals surface area contributed by atoms with Crippen LogP contribution in [0.15, 0.2) is 47.4 Å². The number of halogens is 3. The lowest BCUT2D eigenvalue weighted by molar-refractivity contribution is -0.192. The van der Waals surface area contributed by atoms with Crippen molar-refractivity contribution in [2.24, 2.45) is 0 Å². The first-order valence-corrected chi connectivity index (χ1v) is 14.1. The normalized spacial score (nSPS) is 14.0. The van der Waals surface area contributed by atoms with Crippen LogP contribution in [-0.4, -0.2) is 86.8 Å². The molecule has 1 aliphatic heterocycles. The number of nitrogens with zero attached hydrogens (tertiary/aromatic N) is 2. The first-order chi connectivity index (χ1) is 19.2. The third-order valence-electron chi connectivity index (χ3n) is 6.05. The van der Waals surface area contributed by atoms with Crippen molar-refractivity contribution >= 4 is 39.2 Å². The fraction of sp³-hybridized carbons (Fsp3) is 0.423. The Morgan fingerprint density at radius 2 is 1.61 bits per heavy atom. The van der Waals surface area contributed by atoms with Crippen LogP contribution in [0.2, 0.25) is 0 Å². The summed E-state index contributed by atoms with van der Waals surface area (Å²) in [6, 6.07) is 11.1. The number of nitrogens with one attached hydrogen (secondary N) is 2. The lowest BCUT2D eigenvalue weighted by Crippen LogP contribution is -2.49. The molecule has 1 aliphatic rings. The zero-order valence-electron chi connectivity index (χ0n) is 22.6. The Bertz CT molecular complexity index is 1330. The Hall–Kier alpha value is -3.85. The molecule has 2 aromatic rings. The van der Waals surface area contributed by atoms with Gasteiger partial charge in [-0.15, -0.1) is 0 Å². The van der Waals surface area contributed by atoms with Gasteiger partial charge in [-0.25, -0.2) is 18.0 Å². The third-order valence-corrected chi connectivity index (χ3v) is 7.57. The molecule has 0 radical (unpaired) electrons. The summed E-state index contributed by atoms with van der Waals surface area (Å²) in [7, 11) is -3.92. The molecule has 3 rings (SSSR count). The Labute approximate surface area is 236 Å². The van der Waals surface area contributed by atoms with Crippen molar-refractivity contribution in [3.63, 3.8) is 0 Å². The highest BCUT2D eigenvalue weighted by molar-refractivity contribution is 7.92. The largest absolute Gasteiger partial charge is 0.490 e. The molecule has 4 N–H and O–H groups in total. The molecule has 2 aromatic carbocycles. The number of benzene rings is 2. The Morgan fingerprint density at radius 1 is 1.00 bits per heavy atom. The van der Waals surface area contributed by atoms with E-state index in [9.17, 15) is 36.3 Å². The van der Waals surface area contributed by atoms with E-state index in [1.165, 1.54) is 18.2 Å². The minimum Gasteiger partial charge on any atom is -0.478 e. The van der Waals surface area contributed by atoms with Crippen LogP contribution in [0, 0.1) is 6.92 Å². The van der Waals surface area contributed by atoms with Gasteiger partial charge in [0, 0.05) is 32.7 Å². The SMILES string of the molecule is CCCCNC(=O)CN1CCN(c2ccc(C(=O)O)cc2NS(=O)(=O)c2ccccc2C)CC1.O=C(O)C(F)(F)F. The van der Waals surface area contributed by atoms with Crippen LogP contribution >= 0.6 is 0 Å². The molecule has 15 heteroatoms. The van der Waals surface area contributed by atoms with E-state index in [2.05, 4.69) is 21.9 Å². The Morgan fingerprint density at radius 3 is 2.15 bits per heavy atom.